The summed E-state index contributed by atoms with van der Waals surface area (Å²) in [6, 6.07) is 0. The van der Waals surface area contributed by atoms with Crippen molar-refractivity contribution in [3.05, 3.63) is 24.6 Å². The lowest BCUT2D eigenvalue weighted by Gasteiger charge is -2.62. The van der Waals surface area contributed by atoms with Crippen molar-refractivity contribution >= 4 is 11.9 Å². The minimum absolute atomic E-state index is 0.419. The molecule has 6 nitrogen and oxygen atoms in total. The molecular weight excluding hydrogens is 440 g/mol. The van der Waals surface area contributed by atoms with Crippen LogP contribution >= 0.6 is 0 Å². The van der Waals surface area contributed by atoms with E-state index in [1.54, 1.807) is 0 Å². The third-order valence-electron chi connectivity index (χ3n) is 8.85. The highest BCUT2D eigenvalue weighted by atomic mass is 16.4. The molecule has 0 unspecified atom stereocenters. The standard InChI is InChI=1S/C29H50N2O4/c1-13-19(3)30-25(5,6)15-21(16-26(30,7)8)29(23(32)33,24(34)35)22-17-27(9,10)31(20(4)14-2)28(11,12)18-22/h21-22H,3-4,13-18H2,1-2,5-12H3,(H,32,33)(H,34,35). The van der Waals surface area contributed by atoms with Gasteiger partial charge in [0.15, 0.2) is 5.41 Å². The van der Waals surface area contributed by atoms with Crippen LogP contribution in [0.5, 0.6) is 0 Å². The number of likely N-dealkylation sites (tertiary alicyclic amines) is 2. The third-order valence-corrected chi connectivity index (χ3v) is 8.85. The zero-order valence-corrected chi connectivity index (χ0v) is 23.9. The minimum atomic E-state index is -1.87. The average Bonchev–Trinajstić information content (AvgIpc) is 2.63. The normalized spacial score (nSPS) is 24.2. The molecule has 35 heavy (non-hydrogen) atoms. The van der Waals surface area contributed by atoms with Gasteiger partial charge in [-0.3, -0.25) is 9.59 Å². The summed E-state index contributed by atoms with van der Waals surface area (Å²) in [4.78, 5) is 31.0. The second kappa shape index (κ2) is 9.15. The number of piperidine rings is 2. The molecule has 2 rings (SSSR count). The number of aliphatic carboxylic acids is 2. The molecule has 200 valence electrons. The first-order valence-corrected chi connectivity index (χ1v) is 13.2. The molecule has 6 heteroatoms. The van der Waals surface area contributed by atoms with E-state index in [0.717, 1.165) is 24.2 Å². The maximum atomic E-state index is 13.2. The van der Waals surface area contributed by atoms with Gasteiger partial charge >= 0.3 is 11.9 Å². The van der Waals surface area contributed by atoms with Crippen molar-refractivity contribution in [2.75, 3.05) is 0 Å². The van der Waals surface area contributed by atoms with Gasteiger partial charge in [-0.1, -0.05) is 27.0 Å². The fraction of sp³-hybridized carbons (Fsp3) is 0.793. The number of carboxylic acids is 2. The molecule has 2 aliphatic rings. The van der Waals surface area contributed by atoms with Crippen LogP contribution in [-0.4, -0.2) is 54.1 Å². The Bertz CT molecular complexity index is 775. The van der Waals surface area contributed by atoms with Gasteiger partial charge in [-0.25, -0.2) is 0 Å². The van der Waals surface area contributed by atoms with Crippen LogP contribution in [0, 0.1) is 17.3 Å². The van der Waals surface area contributed by atoms with Crippen LogP contribution in [-0.2, 0) is 9.59 Å². The second-order valence-electron chi connectivity index (χ2n) is 13.4. The van der Waals surface area contributed by atoms with E-state index in [4.69, 9.17) is 0 Å². The number of hydrogen-bond donors (Lipinski definition) is 2. The zero-order chi connectivity index (χ0) is 27.4. The van der Waals surface area contributed by atoms with E-state index in [-0.39, 0.29) is 0 Å². The Kier molecular flexibility index (Phi) is 7.65. The van der Waals surface area contributed by atoms with Crippen LogP contribution in [0.4, 0.5) is 0 Å². The Morgan fingerprint density at radius 1 is 0.686 bits per heavy atom. The summed E-state index contributed by atoms with van der Waals surface area (Å²) in [7, 11) is 0. The lowest BCUT2D eigenvalue weighted by atomic mass is 9.53. The fourth-order valence-electron chi connectivity index (χ4n) is 8.36. The highest BCUT2D eigenvalue weighted by Gasteiger charge is 2.65. The molecule has 2 aliphatic heterocycles. The van der Waals surface area contributed by atoms with E-state index in [1.807, 2.05) is 0 Å². The van der Waals surface area contributed by atoms with Gasteiger partial charge < -0.3 is 20.0 Å². The molecule has 2 N–H and O–H groups in total. The van der Waals surface area contributed by atoms with Crippen LogP contribution in [0.3, 0.4) is 0 Å². The molecule has 0 amide bonds. The Morgan fingerprint density at radius 2 is 0.914 bits per heavy atom. The van der Waals surface area contributed by atoms with Gasteiger partial charge in [0.1, 0.15) is 0 Å². The van der Waals surface area contributed by atoms with Crippen molar-refractivity contribution in [3.8, 4) is 0 Å². The number of allylic oxidation sites excluding steroid dienone is 2. The van der Waals surface area contributed by atoms with Crippen LogP contribution in [0.25, 0.3) is 0 Å². The molecule has 2 fully saturated rings. The van der Waals surface area contributed by atoms with E-state index in [9.17, 15) is 19.8 Å². The van der Waals surface area contributed by atoms with Gasteiger partial charge in [0.2, 0.25) is 0 Å². The van der Waals surface area contributed by atoms with Crippen molar-refractivity contribution in [2.24, 2.45) is 17.3 Å². The average molecular weight is 491 g/mol. The maximum absolute atomic E-state index is 13.2. The molecule has 0 saturated carbocycles. The first-order chi connectivity index (χ1) is 15.7. The van der Waals surface area contributed by atoms with Gasteiger partial charge in [0.05, 0.1) is 0 Å². The van der Waals surface area contributed by atoms with E-state index >= 15 is 0 Å². The van der Waals surface area contributed by atoms with Crippen molar-refractivity contribution in [2.45, 2.75) is 130 Å². The lowest BCUT2D eigenvalue weighted by molar-refractivity contribution is -0.189. The van der Waals surface area contributed by atoms with E-state index in [2.05, 4.69) is 92.2 Å². The monoisotopic (exact) mass is 490 g/mol. The highest BCUT2D eigenvalue weighted by Crippen LogP contribution is 2.58. The molecular formula is C29H50N2O4. The maximum Gasteiger partial charge on any atom is 0.321 e. The van der Waals surface area contributed by atoms with Crippen molar-refractivity contribution in [1.29, 1.82) is 0 Å². The predicted octanol–water partition coefficient (Wildman–Crippen LogP) is 6.53. The number of nitrogens with zero attached hydrogens (tertiary/aromatic N) is 2. The van der Waals surface area contributed by atoms with Gasteiger partial charge in [-0.05, 0) is 106 Å². The Hall–Kier alpha value is -1.98. The summed E-state index contributed by atoms with van der Waals surface area (Å²) in [5.74, 6) is -3.44. The molecule has 0 radical (unpaired) electrons. The molecule has 0 spiro atoms. The number of hydrogen-bond acceptors (Lipinski definition) is 4. The van der Waals surface area contributed by atoms with Crippen molar-refractivity contribution < 1.29 is 19.8 Å². The molecule has 2 heterocycles. The highest BCUT2D eigenvalue weighted by molar-refractivity contribution is 5.99. The summed E-state index contributed by atoms with van der Waals surface area (Å²) < 4.78 is 0. The minimum Gasteiger partial charge on any atom is -0.480 e. The first kappa shape index (κ1) is 29.3. The number of carbonyl (C=O) groups is 2. The van der Waals surface area contributed by atoms with E-state index in [1.165, 1.54) is 0 Å². The number of carboxylic acid groups (broad SMARTS) is 2. The topological polar surface area (TPSA) is 81.1 Å². The Labute approximate surface area is 213 Å². The summed E-state index contributed by atoms with van der Waals surface area (Å²) in [6.45, 7) is 29.5. The molecule has 2 saturated heterocycles. The largest absolute Gasteiger partial charge is 0.480 e. The number of rotatable bonds is 8. The third kappa shape index (κ3) is 4.74. The van der Waals surface area contributed by atoms with Crippen molar-refractivity contribution in [1.82, 2.24) is 9.80 Å². The second-order valence-corrected chi connectivity index (χ2v) is 13.4. The van der Waals surface area contributed by atoms with Crippen LogP contribution < -0.4 is 0 Å². The summed E-state index contributed by atoms with van der Waals surface area (Å²) in [6.07, 6.45) is 3.52. The summed E-state index contributed by atoms with van der Waals surface area (Å²) in [5, 5.41) is 21.6. The van der Waals surface area contributed by atoms with Crippen molar-refractivity contribution in [3.63, 3.8) is 0 Å². The SMILES string of the molecule is C=C(CC)N1C(C)(C)CC(C(C(=O)O)(C(=O)O)C2CC(C)(C)N(C(=C)CC)C(C)(C)C2)CC1(C)C. The van der Waals surface area contributed by atoms with Crippen LogP contribution in [0.2, 0.25) is 0 Å². The molecule has 0 aromatic rings. The van der Waals surface area contributed by atoms with Gasteiger partial charge in [0.25, 0.3) is 0 Å². The van der Waals surface area contributed by atoms with E-state index < -0.39 is 51.3 Å². The molecule has 0 atom stereocenters. The fourth-order valence-corrected chi connectivity index (χ4v) is 8.36. The predicted molar refractivity (Wildman–Crippen MR) is 142 cm³/mol. The molecule has 0 aromatic carbocycles. The quantitative estimate of drug-likeness (QED) is 0.377. The van der Waals surface area contributed by atoms with E-state index in [0.29, 0.717) is 25.7 Å². The van der Waals surface area contributed by atoms with Crippen LogP contribution in [0.15, 0.2) is 24.6 Å². The molecule has 0 bridgehead atoms. The molecule has 0 aromatic heterocycles. The lowest BCUT2D eigenvalue weighted by Crippen LogP contribution is -2.68. The Morgan fingerprint density at radius 3 is 1.09 bits per heavy atom. The summed E-state index contributed by atoms with van der Waals surface area (Å²) in [5.41, 5.74) is -1.54. The zero-order valence-electron chi connectivity index (χ0n) is 23.9. The van der Waals surface area contributed by atoms with Gasteiger partial charge in [-0.15, -0.1) is 0 Å². The van der Waals surface area contributed by atoms with Gasteiger partial charge in [0, 0.05) is 33.5 Å². The Balaban J connectivity index is 2.68. The smallest absolute Gasteiger partial charge is 0.321 e. The van der Waals surface area contributed by atoms with Crippen LogP contribution in [0.1, 0.15) is 108 Å². The first-order valence-electron chi connectivity index (χ1n) is 13.2. The summed E-state index contributed by atoms with van der Waals surface area (Å²) >= 11 is 0. The van der Waals surface area contributed by atoms with Gasteiger partial charge in [-0.2, -0.15) is 0 Å². The molecule has 0 aliphatic carbocycles.